The first-order valence-electron chi connectivity index (χ1n) is 11.8. The van der Waals surface area contributed by atoms with E-state index in [2.05, 4.69) is 19.2 Å². The zero-order valence-electron chi connectivity index (χ0n) is 20.6. The normalized spacial score (nSPS) is 12.2. The highest BCUT2D eigenvalue weighted by Gasteiger charge is 2.29. The molecule has 3 rings (SSSR count). The van der Waals surface area contributed by atoms with Gasteiger partial charge in [0, 0.05) is 19.3 Å². The van der Waals surface area contributed by atoms with E-state index in [1.165, 1.54) is 0 Å². The van der Waals surface area contributed by atoms with E-state index < -0.39 is 6.04 Å². The molecule has 1 N–H and O–H groups in total. The lowest BCUT2D eigenvalue weighted by molar-refractivity contribution is 0.166. The number of amides is 2. The Hall–Kier alpha value is -2.61. The fourth-order valence-corrected chi connectivity index (χ4v) is 4.24. The molecule has 0 bridgehead atoms. The van der Waals surface area contributed by atoms with Crippen LogP contribution in [0.25, 0.3) is 10.9 Å². The Morgan fingerprint density at radius 2 is 1.91 bits per heavy atom. The second kappa shape index (κ2) is 12.4. The van der Waals surface area contributed by atoms with Crippen LogP contribution in [0.1, 0.15) is 45.5 Å². The van der Waals surface area contributed by atoms with Crippen LogP contribution in [-0.4, -0.2) is 40.7 Å². The van der Waals surface area contributed by atoms with Crippen LogP contribution in [0, 0.1) is 5.92 Å². The van der Waals surface area contributed by atoms with Gasteiger partial charge in [-0.25, -0.2) is 9.78 Å². The zero-order valence-corrected chi connectivity index (χ0v) is 22.1. The molecule has 3 aromatic rings. The Morgan fingerprint density at radius 3 is 2.57 bits per heavy atom. The quantitative estimate of drug-likeness (QED) is 0.337. The molecular formula is C26H32Cl2N4O3. The summed E-state index contributed by atoms with van der Waals surface area (Å²) >= 11 is 12.2. The highest BCUT2D eigenvalue weighted by molar-refractivity contribution is 6.42. The predicted molar refractivity (Wildman–Crippen MR) is 143 cm³/mol. The molecule has 1 aromatic heterocycles. The lowest BCUT2D eigenvalue weighted by atomic mass is 10.1. The molecule has 0 aliphatic heterocycles. The number of aromatic nitrogens is 2. The molecule has 35 heavy (non-hydrogen) atoms. The van der Waals surface area contributed by atoms with Gasteiger partial charge in [0.15, 0.2) is 0 Å². The Labute approximate surface area is 216 Å². The third-order valence-electron chi connectivity index (χ3n) is 5.85. The van der Waals surface area contributed by atoms with Crippen molar-refractivity contribution in [1.82, 2.24) is 14.5 Å². The van der Waals surface area contributed by atoms with Crippen LogP contribution in [0.4, 0.5) is 10.5 Å². The first kappa shape index (κ1) is 27.0. The van der Waals surface area contributed by atoms with Crippen molar-refractivity contribution in [3.8, 4) is 0 Å². The number of carbonyl (C=O) groups excluding carboxylic acids is 1. The van der Waals surface area contributed by atoms with Gasteiger partial charge in [0.2, 0.25) is 0 Å². The van der Waals surface area contributed by atoms with E-state index in [9.17, 15) is 9.59 Å². The summed E-state index contributed by atoms with van der Waals surface area (Å²) in [5.41, 5.74) is 1.00. The van der Waals surface area contributed by atoms with E-state index >= 15 is 0 Å². The standard InChI is InChI=1S/C26H32Cl2N4O3/c1-5-23(24-30-22-9-7-6-8-19(22)25(33)32(24)14-15-35-4)31(13-12-17(2)3)26(34)29-18-10-11-20(27)21(28)16-18/h6-11,16-17,23H,5,12-15H2,1-4H3,(H,29,34). The summed E-state index contributed by atoms with van der Waals surface area (Å²) in [7, 11) is 1.59. The molecular weight excluding hydrogens is 487 g/mol. The number of benzene rings is 2. The van der Waals surface area contributed by atoms with Gasteiger partial charge in [0.05, 0.1) is 40.1 Å². The number of para-hydroxylation sites is 1. The van der Waals surface area contributed by atoms with E-state index in [4.69, 9.17) is 32.9 Å². The summed E-state index contributed by atoms with van der Waals surface area (Å²) in [5, 5.41) is 4.24. The minimum absolute atomic E-state index is 0.144. The highest BCUT2D eigenvalue weighted by Crippen LogP contribution is 2.28. The molecule has 0 aliphatic carbocycles. The van der Waals surface area contributed by atoms with E-state index in [0.29, 0.717) is 64.5 Å². The van der Waals surface area contributed by atoms with E-state index in [1.54, 1.807) is 40.8 Å². The van der Waals surface area contributed by atoms with Crippen molar-refractivity contribution < 1.29 is 9.53 Å². The van der Waals surface area contributed by atoms with Gasteiger partial charge in [0.25, 0.3) is 5.56 Å². The molecule has 0 fully saturated rings. The molecule has 1 atom stereocenters. The Balaban J connectivity index is 2.07. The second-order valence-electron chi connectivity index (χ2n) is 8.80. The van der Waals surface area contributed by atoms with Gasteiger partial charge in [-0.05, 0) is 49.1 Å². The first-order chi connectivity index (χ1) is 16.8. The van der Waals surface area contributed by atoms with E-state index in [0.717, 1.165) is 6.42 Å². The average molecular weight is 519 g/mol. The largest absolute Gasteiger partial charge is 0.383 e. The summed E-state index contributed by atoms with van der Waals surface area (Å²) in [6, 6.07) is 11.5. The number of ether oxygens (including phenoxy) is 1. The van der Waals surface area contributed by atoms with Crippen LogP contribution in [0.3, 0.4) is 0 Å². The summed E-state index contributed by atoms with van der Waals surface area (Å²) in [4.78, 5) is 33.6. The Bertz CT molecular complexity index is 1230. The van der Waals surface area contributed by atoms with E-state index in [1.807, 2.05) is 25.1 Å². The van der Waals surface area contributed by atoms with Crippen molar-refractivity contribution in [1.29, 1.82) is 0 Å². The van der Waals surface area contributed by atoms with Gasteiger partial charge < -0.3 is 15.0 Å². The van der Waals surface area contributed by atoms with Crippen molar-refractivity contribution in [3.05, 3.63) is 68.7 Å². The molecule has 2 aromatic carbocycles. The van der Waals surface area contributed by atoms with Crippen molar-refractivity contribution in [2.24, 2.45) is 5.92 Å². The number of anilines is 1. The Kier molecular flexibility index (Phi) is 9.55. The highest BCUT2D eigenvalue weighted by atomic mass is 35.5. The zero-order chi connectivity index (χ0) is 25.5. The number of nitrogens with zero attached hydrogens (tertiary/aromatic N) is 3. The van der Waals surface area contributed by atoms with Crippen LogP contribution >= 0.6 is 23.2 Å². The van der Waals surface area contributed by atoms with Gasteiger partial charge >= 0.3 is 6.03 Å². The molecule has 1 unspecified atom stereocenters. The monoisotopic (exact) mass is 518 g/mol. The Morgan fingerprint density at radius 1 is 1.17 bits per heavy atom. The first-order valence-corrected chi connectivity index (χ1v) is 12.5. The minimum atomic E-state index is -0.425. The lowest BCUT2D eigenvalue weighted by Gasteiger charge is -2.33. The smallest absolute Gasteiger partial charge is 0.322 e. The molecule has 0 saturated carbocycles. The molecule has 0 saturated heterocycles. The maximum atomic E-state index is 13.6. The van der Waals surface area contributed by atoms with Gasteiger partial charge in [0.1, 0.15) is 5.82 Å². The number of hydrogen-bond donors (Lipinski definition) is 1. The van der Waals surface area contributed by atoms with Crippen molar-refractivity contribution >= 4 is 45.8 Å². The number of hydrogen-bond acceptors (Lipinski definition) is 4. The van der Waals surface area contributed by atoms with Crippen LogP contribution in [0.2, 0.25) is 10.0 Å². The molecule has 0 spiro atoms. The minimum Gasteiger partial charge on any atom is -0.383 e. The number of nitrogens with one attached hydrogen (secondary N) is 1. The molecule has 1 heterocycles. The van der Waals surface area contributed by atoms with Crippen LogP contribution in [-0.2, 0) is 11.3 Å². The van der Waals surface area contributed by atoms with Crippen molar-refractivity contribution in [2.75, 3.05) is 25.6 Å². The maximum Gasteiger partial charge on any atom is 0.322 e. The molecule has 0 aliphatic rings. The van der Waals surface area contributed by atoms with Gasteiger partial charge in [-0.15, -0.1) is 0 Å². The third-order valence-corrected chi connectivity index (χ3v) is 6.59. The number of methoxy groups -OCH3 is 1. The van der Waals surface area contributed by atoms with Gasteiger partial charge in [-0.1, -0.05) is 56.1 Å². The van der Waals surface area contributed by atoms with Gasteiger partial charge in [-0.2, -0.15) is 0 Å². The molecule has 9 heteroatoms. The summed E-state index contributed by atoms with van der Waals surface area (Å²) in [5.74, 6) is 0.925. The van der Waals surface area contributed by atoms with Crippen molar-refractivity contribution in [2.45, 2.75) is 46.2 Å². The predicted octanol–water partition coefficient (Wildman–Crippen LogP) is 6.38. The summed E-state index contributed by atoms with van der Waals surface area (Å²) in [6.45, 7) is 7.39. The topological polar surface area (TPSA) is 76.5 Å². The van der Waals surface area contributed by atoms with Crippen LogP contribution in [0.15, 0.2) is 47.3 Å². The van der Waals surface area contributed by atoms with Crippen molar-refractivity contribution in [3.63, 3.8) is 0 Å². The molecule has 7 nitrogen and oxygen atoms in total. The van der Waals surface area contributed by atoms with Crippen LogP contribution in [0.5, 0.6) is 0 Å². The second-order valence-corrected chi connectivity index (χ2v) is 9.61. The molecule has 0 radical (unpaired) electrons. The number of urea groups is 1. The SMILES string of the molecule is CCC(c1nc2ccccc2c(=O)n1CCOC)N(CCC(C)C)C(=O)Nc1ccc(Cl)c(Cl)c1. The van der Waals surface area contributed by atoms with Gasteiger partial charge in [-0.3, -0.25) is 9.36 Å². The summed E-state index contributed by atoms with van der Waals surface area (Å²) in [6.07, 6.45) is 1.37. The third kappa shape index (κ3) is 6.54. The fraction of sp³-hybridized carbons (Fsp3) is 0.423. The lowest BCUT2D eigenvalue weighted by Crippen LogP contribution is -2.42. The fourth-order valence-electron chi connectivity index (χ4n) is 3.95. The average Bonchev–Trinajstić information content (AvgIpc) is 2.83. The van der Waals surface area contributed by atoms with E-state index in [-0.39, 0.29) is 11.6 Å². The number of carbonyl (C=O) groups is 1. The number of fused-ring (bicyclic) bond motifs is 1. The maximum absolute atomic E-state index is 13.6. The molecule has 2 amide bonds. The number of rotatable bonds is 10. The van der Waals surface area contributed by atoms with Crippen LogP contribution < -0.4 is 10.9 Å². The summed E-state index contributed by atoms with van der Waals surface area (Å²) < 4.78 is 6.90. The molecule has 188 valence electrons. The number of halogens is 2.